The lowest BCUT2D eigenvalue weighted by molar-refractivity contribution is -0.0113. The zero-order valence-electron chi connectivity index (χ0n) is 8.72. The van der Waals surface area contributed by atoms with Crippen molar-refractivity contribution in [2.24, 2.45) is 17.8 Å². The summed E-state index contributed by atoms with van der Waals surface area (Å²) < 4.78 is 11.1. The maximum Gasteiger partial charge on any atom is 0.400 e. The molecule has 86 valence electrons. The minimum absolute atomic E-state index is 0.228. The summed E-state index contributed by atoms with van der Waals surface area (Å²) in [5, 5.41) is 2.63. The molecule has 0 spiro atoms. The standard InChI is InChI=1S/C10H18NO3P/c12-15(13,14)11-10-4-7-1-8(5-10)3-9(2-7)6-10/h7-9H,1-6H2,(H3,11,12,13,14). The quantitative estimate of drug-likeness (QED) is 0.632. The van der Waals surface area contributed by atoms with Crippen molar-refractivity contribution < 1.29 is 14.4 Å². The second kappa shape index (κ2) is 3.07. The first-order valence-corrected chi connectivity index (χ1v) is 7.40. The van der Waals surface area contributed by atoms with Gasteiger partial charge in [0.25, 0.3) is 0 Å². The van der Waals surface area contributed by atoms with Crippen LogP contribution in [0.5, 0.6) is 0 Å². The van der Waals surface area contributed by atoms with Gasteiger partial charge in [-0.15, -0.1) is 0 Å². The number of rotatable bonds is 2. The first kappa shape index (κ1) is 10.3. The van der Waals surface area contributed by atoms with Crippen LogP contribution >= 0.6 is 7.75 Å². The second-order valence-corrected chi connectivity index (χ2v) is 7.17. The summed E-state index contributed by atoms with van der Waals surface area (Å²) in [6, 6.07) is 0. The molecular weight excluding hydrogens is 213 g/mol. The van der Waals surface area contributed by atoms with Crippen LogP contribution in [-0.4, -0.2) is 15.3 Å². The zero-order valence-corrected chi connectivity index (χ0v) is 9.62. The third kappa shape index (κ3) is 1.89. The van der Waals surface area contributed by atoms with Crippen molar-refractivity contribution in [1.29, 1.82) is 0 Å². The molecule has 4 fully saturated rings. The minimum Gasteiger partial charge on any atom is -0.313 e. The lowest BCUT2D eigenvalue weighted by Crippen LogP contribution is -2.57. The molecule has 4 rings (SSSR count). The minimum atomic E-state index is -4.06. The van der Waals surface area contributed by atoms with Crippen molar-refractivity contribution in [3.05, 3.63) is 0 Å². The van der Waals surface area contributed by atoms with Crippen LogP contribution in [0.25, 0.3) is 0 Å². The van der Waals surface area contributed by atoms with E-state index in [0.717, 1.165) is 37.0 Å². The lowest BCUT2D eigenvalue weighted by atomic mass is 9.53. The van der Waals surface area contributed by atoms with Gasteiger partial charge in [0.2, 0.25) is 0 Å². The average molecular weight is 231 g/mol. The van der Waals surface area contributed by atoms with Gasteiger partial charge in [-0.2, -0.15) is 0 Å². The predicted octanol–water partition coefficient (Wildman–Crippen LogP) is 1.64. The van der Waals surface area contributed by atoms with Gasteiger partial charge in [0, 0.05) is 5.54 Å². The van der Waals surface area contributed by atoms with Crippen molar-refractivity contribution in [3.8, 4) is 0 Å². The molecular formula is C10H18NO3P. The van der Waals surface area contributed by atoms with E-state index in [9.17, 15) is 4.57 Å². The molecule has 3 N–H and O–H groups in total. The predicted molar refractivity (Wildman–Crippen MR) is 56.1 cm³/mol. The highest BCUT2D eigenvalue weighted by Gasteiger charge is 2.52. The van der Waals surface area contributed by atoms with Crippen LogP contribution in [0, 0.1) is 17.8 Å². The Morgan fingerprint density at radius 3 is 1.73 bits per heavy atom. The summed E-state index contributed by atoms with van der Waals surface area (Å²) in [6.07, 6.45) is 6.81. The van der Waals surface area contributed by atoms with Crippen LogP contribution < -0.4 is 5.09 Å². The van der Waals surface area contributed by atoms with Crippen LogP contribution in [0.1, 0.15) is 38.5 Å². The molecule has 0 heterocycles. The molecule has 15 heavy (non-hydrogen) atoms. The van der Waals surface area contributed by atoms with E-state index in [4.69, 9.17) is 9.79 Å². The Labute approximate surface area is 89.7 Å². The molecule has 0 aliphatic heterocycles. The number of hydrogen-bond donors (Lipinski definition) is 3. The molecule has 4 aliphatic carbocycles. The van der Waals surface area contributed by atoms with E-state index in [0.29, 0.717) is 0 Å². The van der Waals surface area contributed by atoms with Gasteiger partial charge >= 0.3 is 7.75 Å². The normalized spacial score (nSPS) is 48.5. The van der Waals surface area contributed by atoms with Crippen LogP contribution in [0.2, 0.25) is 0 Å². The largest absolute Gasteiger partial charge is 0.400 e. The fourth-order valence-corrected chi connectivity index (χ4v) is 5.45. The van der Waals surface area contributed by atoms with Crippen LogP contribution in [0.4, 0.5) is 0 Å². The number of hydrogen-bond acceptors (Lipinski definition) is 1. The maximum absolute atomic E-state index is 11.1. The van der Waals surface area contributed by atoms with Crippen molar-refractivity contribution >= 4 is 7.75 Å². The van der Waals surface area contributed by atoms with Crippen LogP contribution in [-0.2, 0) is 4.57 Å². The first-order valence-electron chi connectivity index (χ1n) is 5.79. The Morgan fingerprint density at radius 2 is 1.40 bits per heavy atom. The molecule has 0 aromatic carbocycles. The fourth-order valence-electron chi connectivity index (χ4n) is 4.56. The third-order valence-electron chi connectivity index (χ3n) is 4.42. The molecule has 0 aromatic heterocycles. The second-order valence-electron chi connectivity index (χ2n) is 5.85. The maximum atomic E-state index is 11.1. The highest BCUT2D eigenvalue weighted by Crippen LogP contribution is 2.57. The van der Waals surface area contributed by atoms with Crippen LogP contribution in [0.15, 0.2) is 0 Å². The lowest BCUT2D eigenvalue weighted by Gasteiger charge is -2.56. The third-order valence-corrected chi connectivity index (χ3v) is 5.19. The van der Waals surface area contributed by atoms with E-state index in [2.05, 4.69) is 5.09 Å². The van der Waals surface area contributed by atoms with Crippen molar-refractivity contribution in [2.45, 2.75) is 44.1 Å². The average Bonchev–Trinajstić information content (AvgIpc) is 1.94. The van der Waals surface area contributed by atoms with Crippen LogP contribution in [0.3, 0.4) is 0 Å². The monoisotopic (exact) mass is 231 g/mol. The molecule has 0 saturated heterocycles. The van der Waals surface area contributed by atoms with E-state index in [1.807, 2.05) is 0 Å². The number of nitrogens with one attached hydrogen (secondary N) is 1. The summed E-state index contributed by atoms with van der Waals surface area (Å²) in [4.78, 5) is 18.2. The SMILES string of the molecule is O=P(O)(O)NC12CC3CC(CC(C3)C1)C2. The molecule has 0 aromatic rings. The summed E-state index contributed by atoms with van der Waals surface area (Å²) in [5.41, 5.74) is -0.228. The molecule has 0 atom stereocenters. The van der Waals surface area contributed by atoms with Gasteiger partial charge in [-0.25, -0.2) is 9.65 Å². The summed E-state index contributed by atoms with van der Waals surface area (Å²) in [5.74, 6) is 2.15. The van der Waals surface area contributed by atoms with Gasteiger partial charge in [0.1, 0.15) is 0 Å². The Hall–Kier alpha value is 0.110. The van der Waals surface area contributed by atoms with Crippen molar-refractivity contribution in [1.82, 2.24) is 5.09 Å². The van der Waals surface area contributed by atoms with E-state index in [1.54, 1.807) is 0 Å². The van der Waals surface area contributed by atoms with Gasteiger partial charge in [-0.05, 0) is 56.3 Å². The van der Waals surface area contributed by atoms with Gasteiger partial charge in [0.15, 0.2) is 0 Å². The van der Waals surface area contributed by atoms with E-state index in [-0.39, 0.29) is 5.54 Å². The van der Waals surface area contributed by atoms with E-state index in [1.165, 1.54) is 19.3 Å². The summed E-state index contributed by atoms with van der Waals surface area (Å²) in [6.45, 7) is 0. The smallest absolute Gasteiger partial charge is 0.313 e. The fraction of sp³-hybridized carbons (Fsp3) is 1.00. The Kier molecular flexibility index (Phi) is 2.10. The van der Waals surface area contributed by atoms with Gasteiger partial charge < -0.3 is 9.79 Å². The molecule has 5 heteroatoms. The molecule has 0 unspecified atom stereocenters. The molecule has 4 bridgehead atoms. The van der Waals surface area contributed by atoms with Gasteiger partial charge in [0.05, 0.1) is 0 Å². The Bertz CT molecular complexity index is 289. The molecule has 4 saturated carbocycles. The van der Waals surface area contributed by atoms with Gasteiger partial charge in [-0.1, -0.05) is 0 Å². The highest BCUT2D eigenvalue weighted by atomic mass is 31.2. The zero-order chi connectivity index (χ0) is 10.7. The summed E-state index contributed by atoms with van der Waals surface area (Å²) in [7, 11) is -4.06. The first-order chi connectivity index (χ1) is 6.94. The highest BCUT2D eigenvalue weighted by molar-refractivity contribution is 7.49. The molecule has 0 radical (unpaired) electrons. The Morgan fingerprint density at radius 1 is 1.00 bits per heavy atom. The molecule has 4 nitrogen and oxygen atoms in total. The summed E-state index contributed by atoms with van der Waals surface area (Å²) >= 11 is 0. The van der Waals surface area contributed by atoms with E-state index >= 15 is 0 Å². The van der Waals surface area contributed by atoms with Crippen molar-refractivity contribution in [3.63, 3.8) is 0 Å². The molecule has 0 amide bonds. The van der Waals surface area contributed by atoms with E-state index < -0.39 is 7.75 Å². The Balaban J connectivity index is 1.84. The van der Waals surface area contributed by atoms with Crippen molar-refractivity contribution in [2.75, 3.05) is 0 Å². The molecule has 4 aliphatic rings. The topological polar surface area (TPSA) is 69.6 Å². The van der Waals surface area contributed by atoms with Gasteiger partial charge in [-0.3, -0.25) is 0 Å².